The summed E-state index contributed by atoms with van der Waals surface area (Å²) < 4.78 is 38.6. The second kappa shape index (κ2) is 7.83. The number of hydrogen-bond acceptors (Lipinski definition) is 2. The van der Waals surface area contributed by atoms with E-state index in [4.69, 9.17) is 0 Å². The number of nitrogens with one attached hydrogen (secondary N) is 2. The first-order valence-electron chi connectivity index (χ1n) is 7.03. The van der Waals surface area contributed by atoms with E-state index < -0.39 is 11.7 Å². The fraction of sp³-hybridized carbons (Fsp3) is 0.533. The highest BCUT2D eigenvalue weighted by Crippen LogP contribution is 2.32. The number of piperidine rings is 1. The Kier molecular flexibility index (Phi) is 6.68. The molecule has 2 unspecified atom stereocenters. The van der Waals surface area contributed by atoms with E-state index in [1.807, 2.05) is 6.92 Å². The zero-order chi connectivity index (χ0) is 15.5. The maximum absolute atomic E-state index is 12.9. The van der Waals surface area contributed by atoms with E-state index in [0.717, 1.165) is 25.6 Å². The van der Waals surface area contributed by atoms with Crippen molar-refractivity contribution in [2.24, 2.45) is 5.92 Å². The minimum atomic E-state index is -4.43. The Labute approximate surface area is 134 Å². The fourth-order valence-electron chi connectivity index (χ4n) is 2.61. The normalized spacial score (nSPS) is 21.8. The van der Waals surface area contributed by atoms with Crippen LogP contribution in [-0.4, -0.2) is 25.0 Å². The summed E-state index contributed by atoms with van der Waals surface area (Å²) in [6.07, 6.45) is -3.88. The fourth-order valence-corrected chi connectivity index (χ4v) is 2.61. The van der Waals surface area contributed by atoms with Crippen LogP contribution < -0.4 is 10.6 Å². The predicted octanol–water partition coefficient (Wildman–Crippen LogP) is 2.78. The molecular formula is C15H20ClF3N2O. The zero-order valence-electron chi connectivity index (χ0n) is 12.2. The van der Waals surface area contributed by atoms with Gasteiger partial charge in [-0.15, -0.1) is 12.4 Å². The lowest BCUT2D eigenvalue weighted by molar-refractivity contribution is -0.138. The number of amides is 1. The third kappa shape index (κ3) is 4.88. The van der Waals surface area contributed by atoms with Crippen molar-refractivity contribution in [3.8, 4) is 0 Å². The highest BCUT2D eigenvalue weighted by Gasteiger charge is 2.33. The number of carbonyl (C=O) groups is 1. The molecular weight excluding hydrogens is 317 g/mol. The van der Waals surface area contributed by atoms with Gasteiger partial charge in [0.1, 0.15) is 0 Å². The second-order valence-electron chi connectivity index (χ2n) is 5.48. The molecule has 0 saturated carbocycles. The molecule has 1 fully saturated rings. The van der Waals surface area contributed by atoms with E-state index >= 15 is 0 Å². The van der Waals surface area contributed by atoms with Crippen molar-refractivity contribution in [2.45, 2.75) is 32.0 Å². The van der Waals surface area contributed by atoms with Gasteiger partial charge in [-0.3, -0.25) is 4.79 Å². The molecule has 0 aliphatic carbocycles. The molecule has 1 aliphatic heterocycles. The Morgan fingerprint density at radius 3 is 2.68 bits per heavy atom. The van der Waals surface area contributed by atoms with Crippen LogP contribution in [0, 0.1) is 5.92 Å². The minimum absolute atomic E-state index is 0. The van der Waals surface area contributed by atoms with Crippen LogP contribution in [0.2, 0.25) is 0 Å². The molecule has 0 bridgehead atoms. The van der Waals surface area contributed by atoms with Crippen molar-refractivity contribution in [3.05, 3.63) is 35.4 Å². The Balaban J connectivity index is 0.00000242. The molecule has 0 spiro atoms. The van der Waals surface area contributed by atoms with Crippen LogP contribution in [0.4, 0.5) is 13.2 Å². The summed E-state index contributed by atoms with van der Waals surface area (Å²) in [5, 5.41) is 6.07. The molecule has 3 nitrogen and oxygen atoms in total. The Hall–Kier alpha value is -1.27. The maximum Gasteiger partial charge on any atom is 0.416 e. The Bertz CT molecular complexity index is 508. The van der Waals surface area contributed by atoms with E-state index in [0.29, 0.717) is 0 Å². The maximum atomic E-state index is 12.9. The molecule has 1 aromatic rings. The first-order chi connectivity index (χ1) is 9.88. The van der Waals surface area contributed by atoms with Gasteiger partial charge in [0.25, 0.3) is 0 Å². The van der Waals surface area contributed by atoms with Gasteiger partial charge in [-0.25, -0.2) is 0 Å². The van der Waals surface area contributed by atoms with E-state index in [9.17, 15) is 18.0 Å². The third-order valence-corrected chi connectivity index (χ3v) is 3.81. The van der Waals surface area contributed by atoms with Crippen LogP contribution in [-0.2, 0) is 17.4 Å². The third-order valence-electron chi connectivity index (χ3n) is 3.81. The van der Waals surface area contributed by atoms with Crippen molar-refractivity contribution < 1.29 is 18.0 Å². The van der Waals surface area contributed by atoms with Gasteiger partial charge in [-0.1, -0.05) is 25.1 Å². The van der Waals surface area contributed by atoms with Crippen LogP contribution in [0.25, 0.3) is 0 Å². The van der Waals surface area contributed by atoms with Crippen molar-refractivity contribution in [1.82, 2.24) is 10.6 Å². The number of alkyl halides is 3. The summed E-state index contributed by atoms with van der Waals surface area (Å²) >= 11 is 0. The molecule has 7 heteroatoms. The largest absolute Gasteiger partial charge is 0.416 e. The molecule has 0 aromatic heterocycles. The molecule has 22 heavy (non-hydrogen) atoms. The highest BCUT2D eigenvalue weighted by atomic mass is 35.5. The van der Waals surface area contributed by atoms with Gasteiger partial charge in [0.2, 0.25) is 5.91 Å². The summed E-state index contributed by atoms with van der Waals surface area (Å²) in [5.74, 6) is -0.0778. The number of carbonyl (C=O) groups excluding carboxylic acids is 1. The van der Waals surface area contributed by atoms with Gasteiger partial charge in [-0.05, 0) is 37.1 Å². The first-order valence-corrected chi connectivity index (χ1v) is 7.03. The van der Waals surface area contributed by atoms with Crippen LogP contribution in [0.3, 0.4) is 0 Å². The lowest BCUT2D eigenvalue weighted by atomic mass is 9.95. The van der Waals surface area contributed by atoms with Gasteiger partial charge < -0.3 is 10.6 Å². The smallest absolute Gasteiger partial charge is 0.353 e. The van der Waals surface area contributed by atoms with Crippen LogP contribution in [0.5, 0.6) is 0 Å². The quantitative estimate of drug-likeness (QED) is 0.891. The predicted molar refractivity (Wildman–Crippen MR) is 81.0 cm³/mol. The molecule has 0 radical (unpaired) electrons. The van der Waals surface area contributed by atoms with Crippen molar-refractivity contribution in [2.75, 3.05) is 13.1 Å². The lowest BCUT2D eigenvalue weighted by Crippen LogP contribution is -2.48. The van der Waals surface area contributed by atoms with E-state index in [2.05, 4.69) is 10.6 Å². The molecule has 2 rings (SSSR count). The van der Waals surface area contributed by atoms with Gasteiger partial charge in [0.15, 0.2) is 0 Å². The summed E-state index contributed by atoms with van der Waals surface area (Å²) in [7, 11) is 0. The molecule has 1 aliphatic rings. The molecule has 124 valence electrons. The first kappa shape index (κ1) is 18.8. The average Bonchev–Trinajstić information content (AvgIpc) is 2.41. The van der Waals surface area contributed by atoms with Crippen molar-refractivity contribution in [1.29, 1.82) is 0 Å². The zero-order valence-corrected chi connectivity index (χ0v) is 13.1. The molecule has 1 saturated heterocycles. The summed E-state index contributed by atoms with van der Waals surface area (Å²) in [4.78, 5) is 12.0. The highest BCUT2D eigenvalue weighted by molar-refractivity contribution is 5.85. The molecule has 1 amide bonds. The molecule has 1 heterocycles. The molecule has 2 N–H and O–H groups in total. The van der Waals surface area contributed by atoms with Gasteiger partial charge in [-0.2, -0.15) is 13.2 Å². The van der Waals surface area contributed by atoms with Crippen LogP contribution in [0.15, 0.2) is 24.3 Å². The SMILES string of the molecule is CC1CNCCC1NC(=O)Cc1ccccc1C(F)(F)F.Cl. The van der Waals surface area contributed by atoms with Crippen molar-refractivity contribution in [3.63, 3.8) is 0 Å². The number of hydrogen-bond donors (Lipinski definition) is 2. The number of benzene rings is 1. The van der Waals surface area contributed by atoms with Crippen LogP contribution >= 0.6 is 12.4 Å². The standard InChI is InChI=1S/C15H19F3N2O.ClH/c1-10-9-19-7-6-13(10)20-14(21)8-11-4-2-3-5-12(11)15(16,17)18;/h2-5,10,13,19H,6-9H2,1H3,(H,20,21);1H. The Morgan fingerprint density at radius 2 is 2.05 bits per heavy atom. The van der Waals surface area contributed by atoms with Gasteiger partial charge in [0.05, 0.1) is 12.0 Å². The van der Waals surface area contributed by atoms with Gasteiger partial charge in [0, 0.05) is 6.04 Å². The average molecular weight is 337 g/mol. The van der Waals surface area contributed by atoms with Crippen LogP contribution in [0.1, 0.15) is 24.5 Å². The second-order valence-corrected chi connectivity index (χ2v) is 5.48. The summed E-state index contributed by atoms with van der Waals surface area (Å²) in [6, 6.07) is 5.24. The summed E-state index contributed by atoms with van der Waals surface area (Å²) in [6.45, 7) is 3.64. The Morgan fingerprint density at radius 1 is 1.36 bits per heavy atom. The lowest BCUT2D eigenvalue weighted by Gasteiger charge is -2.30. The minimum Gasteiger partial charge on any atom is -0.353 e. The number of rotatable bonds is 3. The van der Waals surface area contributed by atoms with Gasteiger partial charge >= 0.3 is 6.18 Å². The molecule has 1 aromatic carbocycles. The number of halogens is 4. The van der Waals surface area contributed by atoms with E-state index in [-0.39, 0.29) is 42.3 Å². The monoisotopic (exact) mass is 336 g/mol. The van der Waals surface area contributed by atoms with E-state index in [1.165, 1.54) is 18.2 Å². The van der Waals surface area contributed by atoms with Crippen molar-refractivity contribution >= 4 is 18.3 Å². The topological polar surface area (TPSA) is 41.1 Å². The van der Waals surface area contributed by atoms with E-state index in [1.54, 1.807) is 0 Å². The molecule has 2 atom stereocenters. The summed E-state index contributed by atoms with van der Waals surface area (Å²) in [5.41, 5.74) is -0.720.